The van der Waals surface area contributed by atoms with Crippen molar-refractivity contribution < 1.29 is 24.6 Å². The van der Waals surface area contributed by atoms with Crippen molar-refractivity contribution in [2.24, 2.45) is 0 Å². The fourth-order valence-corrected chi connectivity index (χ4v) is 3.31. The van der Waals surface area contributed by atoms with Crippen LogP contribution in [0.25, 0.3) is 11.0 Å². The van der Waals surface area contributed by atoms with Crippen LogP contribution < -0.4 is 0 Å². The van der Waals surface area contributed by atoms with E-state index in [1.807, 2.05) is 29.2 Å². The standard InChI is InChI=1S/C20H19N5O.C2H2O4/c21-13-15-4-3-5-16(12-15)20(26)25-10-8-24(9-11-25)14-19-22-17-6-1-2-7-18(17)23-19;3-1(4)2(5)6/h1-7,12H,8-11,14H2,(H,22,23);(H,3,4)(H,5,6). The summed E-state index contributed by atoms with van der Waals surface area (Å²) < 4.78 is 0. The summed E-state index contributed by atoms with van der Waals surface area (Å²) in [6, 6.07) is 17.0. The van der Waals surface area contributed by atoms with E-state index in [2.05, 4.69) is 20.9 Å². The molecule has 0 aliphatic carbocycles. The Hall–Kier alpha value is -4.23. The van der Waals surface area contributed by atoms with Crippen LogP contribution in [0, 0.1) is 11.3 Å². The van der Waals surface area contributed by atoms with Crippen LogP contribution >= 0.6 is 0 Å². The SMILES string of the molecule is N#Cc1cccc(C(=O)N2CCN(Cc3nc4ccccc4[nH]3)CC2)c1.O=C(O)C(=O)O. The maximum atomic E-state index is 12.6. The van der Waals surface area contributed by atoms with E-state index in [0.29, 0.717) is 24.2 Å². The molecule has 3 aromatic rings. The lowest BCUT2D eigenvalue weighted by Crippen LogP contribution is -2.48. The number of nitriles is 1. The molecule has 0 atom stereocenters. The number of piperazine rings is 1. The smallest absolute Gasteiger partial charge is 0.414 e. The van der Waals surface area contributed by atoms with Gasteiger partial charge in [0.25, 0.3) is 5.91 Å². The Balaban J connectivity index is 0.000000427. The van der Waals surface area contributed by atoms with Crippen LogP contribution in [0.15, 0.2) is 48.5 Å². The van der Waals surface area contributed by atoms with Crippen LogP contribution in [-0.4, -0.2) is 74.0 Å². The van der Waals surface area contributed by atoms with E-state index < -0.39 is 11.9 Å². The predicted molar refractivity (Wildman–Crippen MR) is 114 cm³/mol. The summed E-state index contributed by atoms with van der Waals surface area (Å²) in [6.07, 6.45) is 0. The first-order chi connectivity index (χ1) is 15.4. The van der Waals surface area contributed by atoms with Gasteiger partial charge in [0.2, 0.25) is 0 Å². The topological polar surface area (TPSA) is 151 Å². The van der Waals surface area contributed by atoms with Crippen LogP contribution in [0.3, 0.4) is 0 Å². The second-order valence-corrected chi connectivity index (χ2v) is 7.07. The van der Waals surface area contributed by atoms with E-state index in [-0.39, 0.29) is 5.91 Å². The van der Waals surface area contributed by atoms with Gasteiger partial charge in [-0.2, -0.15) is 5.26 Å². The lowest BCUT2D eigenvalue weighted by Gasteiger charge is -2.34. The lowest BCUT2D eigenvalue weighted by atomic mass is 10.1. The number of H-pyrrole nitrogens is 1. The fraction of sp³-hybridized carbons (Fsp3) is 0.227. The zero-order valence-electron chi connectivity index (χ0n) is 17.1. The zero-order chi connectivity index (χ0) is 23.1. The van der Waals surface area contributed by atoms with E-state index in [0.717, 1.165) is 36.5 Å². The van der Waals surface area contributed by atoms with Crippen molar-refractivity contribution in [3.05, 3.63) is 65.5 Å². The van der Waals surface area contributed by atoms with Gasteiger partial charge in [0.05, 0.1) is 29.2 Å². The number of hydrogen-bond acceptors (Lipinski definition) is 6. The number of carbonyl (C=O) groups is 3. The number of fused-ring (bicyclic) bond motifs is 1. The summed E-state index contributed by atoms with van der Waals surface area (Å²) in [7, 11) is 0. The maximum absolute atomic E-state index is 12.6. The summed E-state index contributed by atoms with van der Waals surface area (Å²) in [5, 5.41) is 23.8. The number of para-hydroxylation sites is 2. The highest BCUT2D eigenvalue weighted by Crippen LogP contribution is 2.14. The third-order valence-corrected chi connectivity index (χ3v) is 4.89. The molecule has 1 fully saturated rings. The number of aromatic amines is 1. The minimum Gasteiger partial charge on any atom is -0.473 e. The Labute approximate surface area is 183 Å². The highest BCUT2D eigenvalue weighted by molar-refractivity contribution is 6.27. The molecule has 1 saturated heterocycles. The molecular formula is C22H21N5O5. The highest BCUT2D eigenvalue weighted by Gasteiger charge is 2.23. The molecule has 0 saturated carbocycles. The quantitative estimate of drug-likeness (QED) is 0.524. The lowest BCUT2D eigenvalue weighted by molar-refractivity contribution is -0.159. The molecule has 1 amide bonds. The number of rotatable bonds is 3. The number of imidazole rings is 1. The van der Waals surface area contributed by atoms with Gasteiger partial charge in [0.15, 0.2) is 0 Å². The third-order valence-electron chi connectivity index (χ3n) is 4.89. The van der Waals surface area contributed by atoms with Crippen LogP contribution in [0.1, 0.15) is 21.7 Å². The molecule has 0 radical (unpaired) electrons. The van der Waals surface area contributed by atoms with E-state index >= 15 is 0 Å². The highest BCUT2D eigenvalue weighted by atomic mass is 16.4. The Morgan fingerprint density at radius 2 is 1.69 bits per heavy atom. The molecule has 10 nitrogen and oxygen atoms in total. The number of amides is 1. The van der Waals surface area contributed by atoms with Gasteiger partial charge < -0.3 is 20.1 Å². The molecular weight excluding hydrogens is 414 g/mol. The van der Waals surface area contributed by atoms with Crippen molar-refractivity contribution in [1.29, 1.82) is 5.26 Å². The second kappa shape index (κ2) is 10.2. The van der Waals surface area contributed by atoms with E-state index in [1.165, 1.54) is 0 Å². The van der Waals surface area contributed by atoms with Crippen molar-refractivity contribution >= 4 is 28.9 Å². The van der Waals surface area contributed by atoms with E-state index in [1.54, 1.807) is 24.3 Å². The van der Waals surface area contributed by atoms with Gasteiger partial charge in [-0.05, 0) is 30.3 Å². The molecule has 1 aromatic heterocycles. The van der Waals surface area contributed by atoms with Crippen molar-refractivity contribution in [2.75, 3.05) is 26.2 Å². The van der Waals surface area contributed by atoms with Gasteiger partial charge in [-0.25, -0.2) is 14.6 Å². The zero-order valence-corrected chi connectivity index (χ0v) is 17.1. The summed E-state index contributed by atoms with van der Waals surface area (Å²) in [5.74, 6) is -2.71. The van der Waals surface area contributed by atoms with Crippen molar-refractivity contribution in [1.82, 2.24) is 19.8 Å². The third kappa shape index (κ3) is 5.68. The largest absolute Gasteiger partial charge is 0.473 e. The molecule has 1 aliphatic heterocycles. The van der Waals surface area contributed by atoms with Crippen molar-refractivity contribution in [2.45, 2.75) is 6.54 Å². The summed E-state index contributed by atoms with van der Waals surface area (Å²) in [5.41, 5.74) is 3.12. The average molecular weight is 435 g/mol. The first-order valence-corrected chi connectivity index (χ1v) is 9.79. The fourth-order valence-electron chi connectivity index (χ4n) is 3.31. The molecule has 0 unspecified atom stereocenters. The first kappa shape index (κ1) is 22.5. The van der Waals surface area contributed by atoms with Gasteiger partial charge >= 0.3 is 11.9 Å². The van der Waals surface area contributed by atoms with Crippen LogP contribution in [0.4, 0.5) is 0 Å². The molecule has 0 bridgehead atoms. The van der Waals surface area contributed by atoms with Crippen LogP contribution in [-0.2, 0) is 16.1 Å². The predicted octanol–water partition coefficient (Wildman–Crippen LogP) is 1.55. The number of hydrogen-bond donors (Lipinski definition) is 3. The van der Waals surface area contributed by atoms with Crippen molar-refractivity contribution in [3.63, 3.8) is 0 Å². The Morgan fingerprint density at radius 1 is 1.00 bits per heavy atom. The minimum atomic E-state index is -1.82. The Morgan fingerprint density at radius 3 is 2.31 bits per heavy atom. The van der Waals surface area contributed by atoms with Gasteiger partial charge in [0.1, 0.15) is 5.82 Å². The number of carboxylic acid groups (broad SMARTS) is 2. The summed E-state index contributed by atoms with van der Waals surface area (Å²) in [6.45, 7) is 3.72. The van der Waals surface area contributed by atoms with E-state index in [4.69, 9.17) is 25.1 Å². The Bertz CT molecular complexity index is 1130. The number of nitrogens with zero attached hydrogens (tertiary/aromatic N) is 4. The number of carbonyl (C=O) groups excluding carboxylic acids is 1. The molecule has 3 N–H and O–H groups in total. The number of aromatic nitrogens is 2. The second-order valence-electron chi connectivity index (χ2n) is 7.07. The monoisotopic (exact) mass is 435 g/mol. The molecule has 0 spiro atoms. The molecule has 32 heavy (non-hydrogen) atoms. The molecule has 2 aromatic carbocycles. The summed E-state index contributed by atoms with van der Waals surface area (Å²) >= 11 is 0. The van der Waals surface area contributed by atoms with Gasteiger partial charge in [-0.3, -0.25) is 9.69 Å². The maximum Gasteiger partial charge on any atom is 0.414 e. The first-order valence-electron chi connectivity index (χ1n) is 9.79. The number of aliphatic carboxylic acids is 2. The van der Waals surface area contributed by atoms with Crippen molar-refractivity contribution in [3.8, 4) is 6.07 Å². The average Bonchev–Trinajstić information content (AvgIpc) is 3.22. The number of nitrogens with one attached hydrogen (secondary N) is 1. The van der Waals surface area contributed by atoms with Gasteiger partial charge in [0, 0.05) is 31.7 Å². The van der Waals surface area contributed by atoms with E-state index in [9.17, 15) is 4.79 Å². The molecule has 2 heterocycles. The normalized spacial score (nSPS) is 13.7. The van der Waals surface area contributed by atoms with Gasteiger partial charge in [-0.1, -0.05) is 18.2 Å². The van der Waals surface area contributed by atoms with Crippen LogP contribution in [0.5, 0.6) is 0 Å². The minimum absolute atomic E-state index is 0.00881. The number of carboxylic acids is 2. The van der Waals surface area contributed by atoms with Gasteiger partial charge in [-0.15, -0.1) is 0 Å². The Kier molecular flexibility index (Phi) is 7.15. The molecule has 4 rings (SSSR count). The molecule has 164 valence electrons. The molecule has 1 aliphatic rings. The molecule has 10 heteroatoms. The van der Waals surface area contributed by atoms with Crippen LogP contribution in [0.2, 0.25) is 0 Å². The summed E-state index contributed by atoms with van der Waals surface area (Å²) in [4.78, 5) is 43.0. The number of benzene rings is 2.